The summed E-state index contributed by atoms with van der Waals surface area (Å²) >= 11 is 0. The van der Waals surface area contributed by atoms with E-state index in [2.05, 4.69) is 10.3 Å². The predicted octanol–water partition coefficient (Wildman–Crippen LogP) is 4.08. The normalized spacial score (nSPS) is 10.4. The van der Waals surface area contributed by atoms with Crippen LogP contribution in [0.3, 0.4) is 0 Å². The molecule has 0 saturated heterocycles. The van der Waals surface area contributed by atoms with Gasteiger partial charge in [0.25, 0.3) is 0 Å². The highest BCUT2D eigenvalue weighted by Gasteiger charge is 2.06. The van der Waals surface area contributed by atoms with Crippen molar-refractivity contribution in [1.82, 2.24) is 4.98 Å². The number of halogens is 1. The van der Waals surface area contributed by atoms with E-state index >= 15 is 0 Å². The molecule has 0 unspecified atom stereocenters. The standard InChI is InChI=1S/C19H17FN4/c20-16-7-13(10-23-12-16)11-24-19-6-5-14(8-15(19)9-21)17-3-1-2-4-18(17)22/h1-10,12,21,24H,11,22H2. The van der Waals surface area contributed by atoms with E-state index in [1.54, 1.807) is 6.20 Å². The Morgan fingerprint density at radius 2 is 1.96 bits per heavy atom. The summed E-state index contributed by atoms with van der Waals surface area (Å²) < 4.78 is 13.2. The molecule has 1 aromatic heterocycles. The van der Waals surface area contributed by atoms with Crippen LogP contribution in [0.25, 0.3) is 11.1 Å². The largest absolute Gasteiger partial charge is 0.398 e. The minimum atomic E-state index is -0.364. The number of nitrogen functional groups attached to an aromatic ring is 1. The molecule has 0 spiro atoms. The first kappa shape index (κ1) is 15.7. The number of nitrogens with one attached hydrogen (secondary N) is 2. The number of rotatable bonds is 5. The van der Waals surface area contributed by atoms with Crippen molar-refractivity contribution in [2.45, 2.75) is 6.54 Å². The second-order valence-electron chi connectivity index (χ2n) is 5.40. The average molecular weight is 320 g/mol. The van der Waals surface area contributed by atoms with Crippen LogP contribution in [0.2, 0.25) is 0 Å². The number of nitrogens with zero attached hydrogens (tertiary/aromatic N) is 1. The number of para-hydroxylation sites is 1. The van der Waals surface area contributed by atoms with Gasteiger partial charge < -0.3 is 16.5 Å². The zero-order valence-corrected chi connectivity index (χ0v) is 13.0. The van der Waals surface area contributed by atoms with Gasteiger partial charge in [0.2, 0.25) is 0 Å². The first-order chi connectivity index (χ1) is 11.7. The molecule has 24 heavy (non-hydrogen) atoms. The van der Waals surface area contributed by atoms with Gasteiger partial charge in [0, 0.05) is 41.5 Å². The molecule has 4 nitrogen and oxygen atoms in total. The summed E-state index contributed by atoms with van der Waals surface area (Å²) in [5.74, 6) is -0.364. The molecule has 0 amide bonds. The summed E-state index contributed by atoms with van der Waals surface area (Å²) in [5, 5.41) is 10.9. The van der Waals surface area contributed by atoms with Crippen LogP contribution < -0.4 is 11.1 Å². The van der Waals surface area contributed by atoms with Gasteiger partial charge in [-0.1, -0.05) is 24.3 Å². The predicted molar refractivity (Wildman–Crippen MR) is 95.7 cm³/mol. The van der Waals surface area contributed by atoms with Gasteiger partial charge >= 0.3 is 0 Å². The van der Waals surface area contributed by atoms with Gasteiger partial charge in [0.05, 0.1) is 6.20 Å². The van der Waals surface area contributed by atoms with E-state index in [1.807, 2.05) is 42.5 Å². The molecule has 4 N–H and O–H groups in total. The summed E-state index contributed by atoms with van der Waals surface area (Å²) in [5.41, 5.74) is 10.9. The Labute approximate surface area is 139 Å². The molecule has 3 aromatic rings. The van der Waals surface area contributed by atoms with Crippen molar-refractivity contribution >= 4 is 17.6 Å². The first-order valence-electron chi connectivity index (χ1n) is 7.50. The molecule has 0 aliphatic carbocycles. The lowest BCUT2D eigenvalue weighted by Gasteiger charge is -2.12. The van der Waals surface area contributed by atoms with Gasteiger partial charge in [0.15, 0.2) is 0 Å². The maximum atomic E-state index is 13.2. The quantitative estimate of drug-likeness (QED) is 0.490. The van der Waals surface area contributed by atoms with Crippen molar-refractivity contribution in [2.75, 3.05) is 11.1 Å². The smallest absolute Gasteiger partial charge is 0.141 e. The van der Waals surface area contributed by atoms with Gasteiger partial charge in [-0.3, -0.25) is 4.98 Å². The zero-order chi connectivity index (χ0) is 16.9. The molecule has 0 aliphatic rings. The lowest BCUT2D eigenvalue weighted by Crippen LogP contribution is -2.03. The van der Waals surface area contributed by atoms with E-state index in [4.69, 9.17) is 11.1 Å². The highest BCUT2D eigenvalue weighted by atomic mass is 19.1. The van der Waals surface area contributed by atoms with Crippen molar-refractivity contribution < 1.29 is 4.39 Å². The van der Waals surface area contributed by atoms with Gasteiger partial charge in [0.1, 0.15) is 5.82 Å². The molecule has 2 aromatic carbocycles. The van der Waals surface area contributed by atoms with Crippen molar-refractivity contribution in [3.05, 3.63) is 77.9 Å². The minimum absolute atomic E-state index is 0.364. The van der Waals surface area contributed by atoms with E-state index in [0.717, 1.165) is 27.9 Å². The van der Waals surface area contributed by atoms with E-state index in [0.29, 0.717) is 12.2 Å². The van der Waals surface area contributed by atoms with Crippen LogP contribution in [0, 0.1) is 11.2 Å². The van der Waals surface area contributed by atoms with Crippen molar-refractivity contribution in [3.8, 4) is 11.1 Å². The maximum Gasteiger partial charge on any atom is 0.141 e. The number of hydrogen-bond acceptors (Lipinski definition) is 4. The summed E-state index contributed by atoms with van der Waals surface area (Å²) in [7, 11) is 0. The Morgan fingerprint density at radius 3 is 2.71 bits per heavy atom. The molecule has 0 saturated carbocycles. The number of hydrogen-bond donors (Lipinski definition) is 3. The molecular weight excluding hydrogens is 303 g/mol. The Bertz CT molecular complexity index is 877. The lowest BCUT2D eigenvalue weighted by atomic mass is 10.0. The van der Waals surface area contributed by atoms with E-state index < -0.39 is 0 Å². The van der Waals surface area contributed by atoms with Crippen LogP contribution in [0.4, 0.5) is 15.8 Å². The van der Waals surface area contributed by atoms with Crippen LogP contribution in [0.15, 0.2) is 60.9 Å². The Morgan fingerprint density at radius 1 is 1.12 bits per heavy atom. The lowest BCUT2D eigenvalue weighted by molar-refractivity contribution is 0.619. The number of pyridine rings is 1. The fraction of sp³-hybridized carbons (Fsp3) is 0.0526. The topological polar surface area (TPSA) is 74.8 Å². The summed E-state index contributed by atoms with van der Waals surface area (Å²) in [6.45, 7) is 0.429. The Kier molecular flexibility index (Phi) is 4.52. The molecule has 1 heterocycles. The number of anilines is 2. The van der Waals surface area contributed by atoms with Gasteiger partial charge in [-0.2, -0.15) is 0 Å². The average Bonchev–Trinajstić information content (AvgIpc) is 2.60. The number of aromatic nitrogens is 1. The fourth-order valence-electron chi connectivity index (χ4n) is 2.52. The molecule has 120 valence electrons. The van der Waals surface area contributed by atoms with Gasteiger partial charge in [-0.15, -0.1) is 0 Å². The summed E-state index contributed by atoms with van der Waals surface area (Å²) in [4.78, 5) is 3.83. The van der Waals surface area contributed by atoms with Crippen LogP contribution in [-0.4, -0.2) is 11.2 Å². The third kappa shape index (κ3) is 3.41. The van der Waals surface area contributed by atoms with E-state index in [9.17, 15) is 4.39 Å². The minimum Gasteiger partial charge on any atom is -0.398 e. The van der Waals surface area contributed by atoms with E-state index in [-0.39, 0.29) is 5.82 Å². The zero-order valence-electron chi connectivity index (χ0n) is 13.0. The number of nitrogens with two attached hydrogens (primary N) is 1. The van der Waals surface area contributed by atoms with Crippen LogP contribution in [0.5, 0.6) is 0 Å². The molecule has 0 aliphatic heterocycles. The van der Waals surface area contributed by atoms with Crippen molar-refractivity contribution in [1.29, 1.82) is 5.41 Å². The molecule has 3 rings (SSSR count). The Balaban J connectivity index is 1.85. The van der Waals surface area contributed by atoms with Crippen LogP contribution >= 0.6 is 0 Å². The highest BCUT2D eigenvalue weighted by Crippen LogP contribution is 2.28. The van der Waals surface area contributed by atoms with Crippen LogP contribution in [0.1, 0.15) is 11.1 Å². The summed E-state index contributed by atoms with van der Waals surface area (Å²) in [6.07, 6.45) is 4.07. The monoisotopic (exact) mass is 320 g/mol. The van der Waals surface area contributed by atoms with Crippen molar-refractivity contribution in [3.63, 3.8) is 0 Å². The van der Waals surface area contributed by atoms with Crippen molar-refractivity contribution in [2.24, 2.45) is 0 Å². The Hall–Kier alpha value is -3.21. The highest BCUT2D eigenvalue weighted by molar-refractivity contribution is 5.90. The molecule has 0 atom stereocenters. The molecular formula is C19H17FN4. The molecule has 5 heteroatoms. The molecule has 0 radical (unpaired) electrons. The third-order valence-electron chi connectivity index (χ3n) is 3.72. The van der Waals surface area contributed by atoms with Gasteiger partial charge in [-0.25, -0.2) is 4.39 Å². The molecule has 0 bridgehead atoms. The maximum absolute atomic E-state index is 13.2. The van der Waals surface area contributed by atoms with Gasteiger partial charge in [-0.05, 0) is 35.4 Å². The second-order valence-corrected chi connectivity index (χ2v) is 5.40. The third-order valence-corrected chi connectivity index (χ3v) is 3.72. The molecule has 0 fully saturated rings. The SMILES string of the molecule is N=Cc1cc(-c2ccccc2N)ccc1NCc1cncc(F)c1. The van der Waals surface area contributed by atoms with Crippen LogP contribution in [-0.2, 0) is 6.54 Å². The number of benzene rings is 2. The fourth-order valence-corrected chi connectivity index (χ4v) is 2.52. The second kappa shape index (κ2) is 6.91. The summed E-state index contributed by atoms with van der Waals surface area (Å²) in [6, 6.07) is 14.8. The first-order valence-corrected chi connectivity index (χ1v) is 7.50. The van der Waals surface area contributed by atoms with E-state index in [1.165, 1.54) is 18.5 Å².